The van der Waals surface area contributed by atoms with E-state index in [1.54, 1.807) is 10.8 Å². The number of carbonyl (C=O) groups is 1. The minimum absolute atomic E-state index is 0.139. The van der Waals surface area contributed by atoms with Crippen LogP contribution in [0.3, 0.4) is 0 Å². The molecule has 7 nitrogen and oxygen atoms in total. The fourth-order valence-electron chi connectivity index (χ4n) is 2.20. The number of hydrogen-bond donors (Lipinski definition) is 2. The Morgan fingerprint density at radius 2 is 2.04 bits per heavy atom. The van der Waals surface area contributed by atoms with Crippen molar-refractivity contribution >= 4 is 17.5 Å². The van der Waals surface area contributed by atoms with Crippen molar-refractivity contribution in [3.8, 4) is 22.9 Å². The smallest absolute Gasteiger partial charge is 0.191 e. The van der Waals surface area contributed by atoms with Crippen LogP contribution in [0.2, 0.25) is 0 Å². The maximum absolute atomic E-state index is 12.2. The molecule has 0 atom stereocenters. The van der Waals surface area contributed by atoms with Crippen LogP contribution in [0.15, 0.2) is 40.1 Å². The number of phenols is 2. The zero-order valence-corrected chi connectivity index (χ0v) is 13.9. The van der Waals surface area contributed by atoms with Crippen molar-refractivity contribution in [3.05, 3.63) is 41.9 Å². The summed E-state index contributed by atoms with van der Waals surface area (Å²) in [6.07, 6.45) is 1.59. The number of phenolic OH excluding ortho intramolecular Hbond substituents is 2. The number of carbonyl (C=O) groups excluding carboxylic acids is 1. The topological polar surface area (TPSA) is 101 Å². The van der Waals surface area contributed by atoms with E-state index < -0.39 is 0 Å². The molecular weight excluding hydrogens is 330 g/mol. The van der Waals surface area contributed by atoms with Gasteiger partial charge in [-0.05, 0) is 31.2 Å². The van der Waals surface area contributed by atoms with Gasteiger partial charge >= 0.3 is 0 Å². The van der Waals surface area contributed by atoms with Gasteiger partial charge in [0.25, 0.3) is 0 Å². The van der Waals surface area contributed by atoms with Crippen molar-refractivity contribution in [1.29, 1.82) is 0 Å². The highest BCUT2D eigenvalue weighted by molar-refractivity contribution is 7.99. The summed E-state index contributed by atoms with van der Waals surface area (Å²) in [6, 6.07) is 5.82. The molecule has 2 N–H and O–H groups in total. The Balaban J connectivity index is 1.73. The predicted octanol–water partition coefficient (Wildman–Crippen LogP) is 2.77. The molecule has 2 aromatic heterocycles. The molecule has 3 rings (SSSR count). The molecule has 0 bridgehead atoms. The molecule has 1 aromatic carbocycles. The third-order valence-corrected chi connectivity index (χ3v) is 4.58. The number of rotatable bonds is 5. The Morgan fingerprint density at radius 1 is 1.25 bits per heavy atom. The highest BCUT2D eigenvalue weighted by Gasteiger charge is 2.16. The van der Waals surface area contributed by atoms with Gasteiger partial charge in [-0.15, -0.1) is 10.2 Å². The summed E-state index contributed by atoms with van der Waals surface area (Å²) in [4.78, 5) is 12.2. The number of ketones is 1. The summed E-state index contributed by atoms with van der Waals surface area (Å²) in [7, 11) is 1.82. The third kappa shape index (κ3) is 3.00. The second-order valence-electron chi connectivity index (χ2n) is 5.17. The zero-order chi connectivity index (χ0) is 17.3. The first-order valence-corrected chi connectivity index (χ1v) is 8.07. The summed E-state index contributed by atoms with van der Waals surface area (Å²) in [5.41, 5.74) is 1.18. The molecule has 0 unspecified atom stereocenters. The maximum atomic E-state index is 12.2. The summed E-state index contributed by atoms with van der Waals surface area (Å²) < 4.78 is 7.07. The van der Waals surface area contributed by atoms with E-state index in [0.717, 1.165) is 11.3 Å². The molecule has 0 aliphatic heterocycles. The fourth-order valence-corrected chi connectivity index (χ4v) is 3.01. The molecule has 0 amide bonds. The average Bonchev–Trinajstić information content (AvgIpc) is 3.13. The molecule has 0 spiro atoms. The molecule has 0 aliphatic carbocycles. The van der Waals surface area contributed by atoms with E-state index in [9.17, 15) is 15.0 Å². The van der Waals surface area contributed by atoms with Gasteiger partial charge < -0.3 is 19.2 Å². The maximum Gasteiger partial charge on any atom is 0.191 e. The molecule has 24 heavy (non-hydrogen) atoms. The second kappa shape index (κ2) is 6.40. The van der Waals surface area contributed by atoms with Gasteiger partial charge in [0, 0.05) is 12.6 Å². The summed E-state index contributed by atoms with van der Waals surface area (Å²) >= 11 is 1.25. The second-order valence-corrected chi connectivity index (χ2v) is 6.11. The van der Waals surface area contributed by atoms with E-state index in [0.29, 0.717) is 16.5 Å². The Labute approximate surface area is 141 Å². The van der Waals surface area contributed by atoms with Crippen LogP contribution >= 0.6 is 11.8 Å². The molecule has 8 heteroatoms. The SMILES string of the molecule is Cc1occc1-c1nnc(SCC(=O)c2ccc(O)c(O)c2)n1C. The van der Waals surface area contributed by atoms with Gasteiger partial charge in [0.15, 0.2) is 28.3 Å². The van der Waals surface area contributed by atoms with Gasteiger partial charge in [-0.25, -0.2) is 0 Å². The number of thioether (sulfide) groups is 1. The van der Waals surface area contributed by atoms with Gasteiger partial charge in [0.2, 0.25) is 0 Å². The Hall–Kier alpha value is -2.74. The largest absolute Gasteiger partial charge is 0.504 e. The molecule has 0 saturated heterocycles. The standard InChI is InChI=1S/C16H15N3O4S/c1-9-11(5-6-23-9)15-17-18-16(19(15)2)24-8-14(22)10-3-4-12(20)13(21)7-10/h3-7,20-21H,8H2,1-2H3. The number of furan rings is 1. The molecule has 0 saturated carbocycles. The molecule has 124 valence electrons. The van der Waals surface area contributed by atoms with E-state index in [1.165, 1.54) is 30.0 Å². The Morgan fingerprint density at radius 3 is 2.71 bits per heavy atom. The quantitative estimate of drug-likeness (QED) is 0.416. The van der Waals surface area contributed by atoms with Gasteiger partial charge in [0.1, 0.15) is 5.76 Å². The lowest BCUT2D eigenvalue weighted by Gasteiger charge is -2.04. The number of Topliss-reactive ketones (excluding diaryl/α,β-unsaturated/α-hetero) is 1. The van der Waals surface area contributed by atoms with Gasteiger partial charge in [0.05, 0.1) is 17.6 Å². The summed E-state index contributed by atoms with van der Waals surface area (Å²) in [5.74, 6) is 0.797. The molecule has 0 fully saturated rings. The number of benzene rings is 1. The lowest BCUT2D eigenvalue weighted by Crippen LogP contribution is -2.04. The van der Waals surface area contributed by atoms with Crippen LogP contribution in [0.1, 0.15) is 16.1 Å². The van der Waals surface area contributed by atoms with Gasteiger partial charge in [-0.3, -0.25) is 4.79 Å². The highest BCUT2D eigenvalue weighted by atomic mass is 32.2. The Bertz CT molecular complexity index is 901. The first-order chi connectivity index (χ1) is 11.5. The van der Waals surface area contributed by atoms with Crippen LogP contribution in [0.25, 0.3) is 11.4 Å². The van der Waals surface area contributed by atoms with Crippen molar-refractivity contribution in [2.45, 2.75) is 12.1 Å². The highest BCUT2D eigenvalue weighted by Crippen LogP contribution is 2.28. The first kappa shape index (κ1) is 16.1. The molecule has 2 heterocycles. The normalized spacial score (nSPS) is 10.9. The Kier molecular flexibility index (Phi) is 4.30. The minimum atomic E-state index is -0.317. The lowest BCUT2D eigenvalue weighted by molar-refractivity contribution is 0.102. The number of nitrogens with zero attached hydrogens (tertiary/aromatic N) is 3. The zero-order valence-electron chi connectivity index (χ0n) is 13.1. The van der Waals surface area contributed by atoms with Crippen LogP contribution in [-0.4, -0.2) is 36.5 Å². The van der Waals surface area contributed by atoms with E-state index >= 15 is 0 Å². The van der Waals surface area contributed by atoms with Crippen LogP contribution in [0.4, 0.5) is 0 Å². The van der Waals surface area contributed by atoms with Crippen LogP contribution < -0.4 is 0 Å². The van der Waals surface area contributed by atoms with Crippen LogP contribution in [0.5, 0.6) is 11.5 Å². The number of aryl methyl sites for hydroxylation is 1. The average molecular weight is 345 g/mol. The molecule has 3 aromatic rings. The summed E-state index contributed by atoms with van der Waals surface area (Å²) in [6.45, 7) is 1.84. The van der Waals surface area contributed by atoms with Gasteiger partial charge in [-0.1, -0.05) is 11.8 Å². The van der Waals surface area contributed by atoms with E-state index in [-0.39, 0.29) is 23.0 Å². The van der Waals surface area contributed by atoms with Crippen molar-refractivity contribution in [2.75, 3.05) is 5.75 Å². The summed E-state index contributed by atoms with van der Waals surface area (Å²) in [5, 5.41) is 27.6. The van der Waals surface area contributed by atoms with Crippen LogP contribution in [0, 0.1) is 6.92 Å². The van der Waals surface area contributed by atoms with Gasteiger partial charge in [-0.2, -0.15) is 0 Å². The third-order valence-electron chi connectivity index (χ3n) is 3.56. The first-order valence-electron chi connectivity index (χ1n) is 7.09. The molecule has 0 radical (unpaired) electrons. The predicted molar refractivity (Wildman–Crippen MR) is 88.3 cm³/mol. The monoisotopic (exact) mass is 345 g/mol. The van der Waals surface area contributed by atoms with Crippen LogP contribution in [-0.2, 0) is 7.05 Å². The van der Waals surface area contributed by atoms with Crippen molar-refractivity contribution < 1.29 is 19.4 Å². The molecule has 0 aliphatic rings. The number of aromatic nitrogens is 3. The van der Waals surface area contributed by atoms with E-state index in [1.807, 2.05) is 20.0 Å². The fraction of sp³-hybridized carbons (Fsp3) is 0.188. The van der Waals surface area contributed by atoms with E-state index in [2.05, 4.69) is 10.2 Å². The van der Waals surface area contributed by atoms with Crippen molar-refractivity contribution in [3.63, 3.8) is 0 Å². The van der Waals surface area contributed by atoms with E-state index in [4.69, 9.17) is 4.42 Å². The van der Waals surface area contributed by atoms with Crippen molar-refractivity contribution in [1.82, 2.24) is 14.8 Å². The lowest BCUT2D eigenvalue weighted by atomic mass is 10.1. The number of aromatic hydroxyl groups is 2. The number of hydrogen-bond acceptors (Lipinski definition) is 7. The van der Waals surface area contributed by atoms with Crippen molar-refractivity contribution in [2.24, 2.45) is 7.05 Å². The minimum Gasteiger partial charge on any atom is -0.504 e. The molecular formula is C16H15N3O4S.